The Labute approximate surface area is 116 Å². The summed E-state index contributed by atoms with van der Waals surface area (Å²) in [5.41, 5.74) is 1.85. The minimum atomic E-state index is 0.513. The van der Waals surface area contributed by atoms with E-state index in [0.29, 0.717) is 17.0 Å². The predicted octanol–water partition coefficient (Wildman–Crippen LogP) is 3.87. The van der Waals surface area contributed by atoms with Gasteiger partial charge in [0.2, 0.25) is 0 Å². The Kier molecular flexibility index (Phi) is 5.39. The molecule has 0 aromatic carbocycles. The first-order chi connectivity index (χ1) is 8.31. The van der Waals surface area contributed by atoms with Gasteiger partial charge in [-0.2, -0.15) is 0 Å². The third kappa shape index (κ3) is 4.13. The molecule has 1 heterocycles. The summed E-state index contributed by atoms with van der Waals surface area (Å²) in [6, 6.07) is 0. The van der Waals surface area contributed by atoms with Crippen LogP contribution in [0.2, 0.25) is 5.15 Å². The van der Waals surface area contributed by atoms with E-state index >= 15 is 0 Å². The van der Waals surface area contributed by atoms with Crippen molar-refractivity contribution >= 4 is 17.4 Å². The fourth-order valence-corrected chi connectivity index (χ4v) is 2.18. The zero-order valence-corrected chi connectivity index (χ0v) is 13.0. The van der Waals surface area contributed by atoms with Crippen molar-refractivity contribution in [3.8, 4) is 0 Å². The zero-order chi connectivity index (χ0) is 13.9. The molecule has 4 heteroatoms. The van der Waals surface area contributed by atoms with Crippen LogP contribution >= 0.6 is 11.6 Å². The summed E-state index contributed by atoms with van der Waals surface area (Å²) < 4.78 is 0. The minimum absolute atomic E-state index is 0.513. The van der Waals surface area contributed by atoms with Crippen LogP contribution in [0, 0.1) is 25.7 Å². The van der Waals surface area contributed by atoms with E-state index in [9.17, 15) is 0 Å². The molecule has 1 aromatic rings. The molecule has 0 atom stereocenters. The molecule has 1 rings (SSSR count). The Morgan fingerprint density at radius 2 is 1.39 bits per heavy atom. The van der Waals surface area contributed by atoms with Crippen molar-refractivity contribution in [3.05, 3.63) is 16.5 Å². The summed E-state index contributed by atoms with van der Waals surface area (Å²) in [6.07, 6.45) is 0. The number of hydrogen-bond donors (Lipinski definition) is 0. The van der Waals surface area contributed by atoms with Crippen molar-refractivity contribution < 1.29 is 0 Å². The molecule has 0 aliphatic rings. The van der Waals surface area contributed by atoms with Crippen molar-refractivity contribution in [2.24, 2.45) is 11.8 Å². The second kappa shape index (κ2) is 6.37. The lowest BCUT2D eigenvalue weighted by atomic mass is 10.1. The number of hydrogen-bond acceptors (Lipinski definition) is 3. The van der Waals surface area contributed by atoms with Gasteiger partial charge < -0.3 is 4.90 Å². The van der Waals surface area contributed by atoms with Gasteiger partial charge in [0.15, 0.2) is 11.0 Å². The smallest absolute Gasteiger partial charge is 0.171 e. The maximum Gasteiger partial charge on any atom is 0.171 e. The Hall–Kier alpha value is -0.830. The van der Waals surface area contributed by atoms with Crippen molar-refractivity contribution in [1.82, 2.24) is 9.97 Å². The van der Waals surface area contributed by atoms with Gasteiger partial charge in [-0.3, -0.25) is 0 Å². The standard InChI is InChI=1S/C14H24ClN3/c1-9(2)7-18(8-10(3)4)14-13(15)16-11(5)12(6)17-14/h9-10H,7-8H2,1-6H3. The van der Waals surface area contributed by atoms with Crippen LogP contribution in [0.25, 0.3) is 0 Å². The molecule has 0 bridgehead atoms. The molecule has 0 spiro atoms. The highest BCUT2D eigenvalue weighted by molar-refractivity contribution is 6.31. The fraction of sp³-hybridized carbons (Fsp3) is 0.714. The summed E-state index contributed by atoms with van der Waals surface area (Å²) in [5, 5.41) is 0.513. The van der Waals surface area contributed by atoms with E-state index in [1.54, 1.807) is 0 Å². The molecular formula is C14H24ClN3. The van der Waals surface area contributed by atoms with Crippen molar-refractivity contribution in [1.29, 1.82) is 0 Å². The number of aryl methyl sites for hydroxylation is 2. The van der Waals surface area contributed by atoms with Crippen LogP contribution in [0.4, 0.5) is 5.82 Å². The van der Waals surface area contributed by atoms with Crippen LogP contribution in [0.1, 0.15) is 39.1 Å². The maximum absolute atomic E-state index is 6.25. The van der Waals surface area contributed by atoms with Crippen molar-refractivity contribution in [2.75, 3.05) is 18.0 Å². The number of aromatic nitrogens is 2. The molecule has 0 unspecified atom stereocenters. The van der Waals surface area contributed by atoms with Gasteiger partial charge in [0, 0.05) is 13.1 Å². The second-order valence-corrected chi connectivity index (χ2v) is 6.06. The molecule has 0 N–H and O–H groups in total. The summed E-state index contributed by atoms with van der Waals surface area (Å²) >= 11 is 6.25. The molecule has 0 radical (unpaired) electrons. The second-order valence-electron chi connectivity index (χ2n) is 5.70. The van der Waals surface area contributed by atoms with Gasteiger partial charge in [0.1, 0.15) is 0 Å². The molecule has 3 nitrogen and oxygen atoms in total. The van der Waals surface area contributed by atoms with Gasteiger partial charge in [-0.05, 0) is 25.7 Å². The quantitative estimate of drug-likeness (QED) is 0.813. The van der Waals surface area contributed by atoms with Crippen molar-refractivity contribution in [3.63, 3.8) is 0 Å². The normalized spacial score (nSPS) is 11.4. The maximum atomic E-state index is 6.25. The molecule has 0 aliphatic carbocycles. The van der Waals surface area contributed by atoms with Crippen LogP contribution in [0.3, 0.4) is 0 Å². The first-order valence-corrected chi connectivity index (χ1v) is 6.94. The number of rotatable bonds is 5. The lowest BCUT2D eigenvalue weighted by Crippen LogP contribution is -2.32. The van der Waals surface area contributed by atoms with Crippen LogP contribution in [0.15, 0.2) is 0 Å². The Morgan fingerprint density at radius 1 is 0.944 bits per heavy atom. The van der Waals surface area contributed by atoms with E-state index in [0.717, 1.165) is 30.3 Å². The largest absolute Gasteiger partial charge is 0.354 e. The predicted molar refractivity (Wildman–Crippen MR) is 78.4 cm³/mol. The first-order valence-electron chi connectivity index (χ1n) is 6.57. The Morgan fingerprint density at radius 3 is 1.83 bits per heavy atom. The molecular weight excluding hydrogens is 246 g/mol. The number of nitrogens with zero attached hydrogens (tertiary/aromatic N) is 3. The average molecular weight is 270 g/mol. The van der Waals surface area contributed by atoms with Gasteiger partial charge in [0.05, 0.1) is 11.4 Å². The lowest BCUT2D eigenvalue weighted by Gasteiger charge is -2.28. The van der Waals surface area contributed by atoms with E-state index in [4.69, 9.17) is 11.6 Å². The fourth-order valence-electron chi connectivity index (χ4n) is 1.89. The first kappa shape index (κ1) is 15.2. The van der Waals surface area contributed by atoms with Crippen molar-refractivity contribution in [2.45, 2.75) is 41.5 Å². The number of anilines is 1. The highest BCUT2D eigenvalue weighted by atomic mass is 35.5. The van der Waals surface area contributed by atoms with E-state index in [1.165, 1.54) is 0 Å². The average Bonchev–Trinajstić information content (AvgIpc) is 2.21. The van der Waals surface area contributed by atoms with Crippen LogP contribution < -0.4 is 4.90 Å². The molecule has 1 aromatic heterocycles. The summed E-state index contributed by atoms with van der Waals surface area (Å²) in [7, 11) is 0. The molecule has 0 amide bonds. The van der Waals surface area contributed by atoms with Gasteiger partial charge in [-0.25, -0.2) is 9.97 Å². The van der Waals surface area contributed by atoms with Gasteiger partial charge in [-0.15, -0.1) is 0 Å². The van der Waals surface area contributed by atoms with E-state index < -0.39 is 0 Å². The SMILES string of the molecule is Cc1nc(Cl)c(N(CC(C)C)CC(C)C)nc1C. The topological polar surface area (TPSA) is 29.0 Å². The van der Waals surface area contributed by atoms with Crippen LogP contribution in [-0.2, 0) is 0 Å². The molecule has 0 aliphatic heterocycles. The Bertz CT molecular complexity index is 392. The summed E-state index contributed by atoms with van der Waals surface area (Å²) in [6.45, 7) is 14.6. The monoisotopic (exact) mass is 269 g/mol. The minimum Gasteiger partial charge on any atom is -0.354 e. The van der Waals surface area contributed by atoms with Crippen LogP contribution in [0.5, 0.6) is 0 Å². The van der Waals surface area contributed by atoms with E-state index in [1.807, 2.05) is 13.8 Å². The summed E-state index contributed by atoms with van der Waals surface area (Å²) in [4.78, 5) is 11.2. The third-order valence-corrected chi connectivity index (χ3v) is 2.97. The molecule has 0 saturated carbocycles. The van der Waals surface area contributed by atoms with E-state index in [-0.39, 0.29) is 0 Å². The molecule has 18 heavy (non-hydrogen) atoms. The molecule has 0 fully saturated rings. The molecule has 102 valence electrons. The zero-order valence-electron chi connectivity index (χ0n) is 12.3. The van der Waals surface area contributed by atoms with Crippen LogP contribution in [-0.4, -0.2) is 23.1 Å². The highest BCUT2D eigenvalue weighted by Crippen LogP contribution is 2.24. The van der Waals surface area contributed by atoms with E-state index in [2.05, 4.69) is 42.6 Å². The summed E-state index contributed by atoms with van der Waals surface area (Å²) in [5.74, 6) is 1.97. The molecule has 0 saturated heterocycles. The van der Waals surface area contributed by atoms with Gasteiger partial charge in [0.25, 0.3) is 0 Å². The van der Waals surface area contributed by atoms with Gasteiger partial charge in [-0.1, -0.05) is 39.3 Å². The third-order valence-electron chi connectivity index (χ3n) is 2.72. The highest BCUT2D eigenvalue weighted by Gasteiger charge is 2.17. The number of halogens is 1. The Balaban J connectivity index is 3.07. The van der Waals surface area contributed by atoms with Gasteiger partial charge >= 0.3 is 0 Å². The lowest BCUT2D eigenvalue weighted by molar-refractivity contribution is 0.547.